The molecular weight excluding hydrogens is 293 g/mol. The quantitative estimate of drug-likeness (QED) is 0.917. The van der Waals surface area contributed by atoms with E-state index in [4.69, 9.17) is 16.3 Å². The molecule has 110 valence electrons. The normalized spacial score (nSPS) is 11.8. The Morgan fingerprint density at radius 2 is 2.00 bits per heavy atom. The third-order valence-corrected chi connectivity index (χ3v) is 3.11. The summed E-state index contributed by atoms with van der Waals surface area (Å²) >= 11 is 5.79. The summed E-state index contributed by atoms with van der Waals surface area (Å²) in [6.07, 6.45) is -0.709. The SMILES string of the molecule is CC(Oc1cccc(F)c1)C(=O)NCc1ccc(Cl)cc1. The van der Waals surface area contributed by atoms with Gasteiger partial charge in [0.2, 0.25) is 0 Å². The fourth-order valence-corrected chi connectivity index (χ4v) is 1.86. The maximum atomic E-state index is 13.0. The van der Waals surface area contributed by atoms with E-state index < -0.39 is 11.9 Å². The number of hydrogen-bond acceptors (Lipinski definition) is 2. The van der Waals surface area contributed by atoms with E-state index >= 15 is 0 Å². The van der Waals surface area contributed by atoms with Crippen LogP contribution in [0.25, 0.3) is 0 Å². The van der Waals surface area contributed by atoms with Crippen LogP contribution < -0.4 is 10.1 Å². The number of hydrogen-bond donors (Lipinski definition) is 1. The van der Waals surface area contributed by atoms with Crippen molar-refractivity contribution >= 4 is 17.5 Å². The molecule has 0 saturated carbocycles. The summed E-state index contributed by atoms with van der Waals surface area (Å²) in [5.74, 6) is -0.348. The minimum absolute atomic E-state index is 0.269. The Kier molecular flexibility index (Phi) is 5.17. The van der Waals surface area contributed by atoms with E-state index in [1.54, 1.807) is 25.1 Å². The molecule has 0 bridgehead atoms. The lowest BCUT2D eigenvalue weighted by molar-refractivity contribution is -0.127. The molecule has 0 fully saturated rings. The summed E-state index contributed by atoms with van der Waals surface area (Å²) in [5.41, 5.74) is 0.936. The van der Waals surface area contributed by atoms with Crippen LogP contribution in [0.3, 0.4) is 0 Å². The van der Waals surface area contributed by atoms with E-state index in [1.807, 2.05) is 12.1 Å². The molecule has 1 atom stereocenters. The van der Waals surface area contributed by atoms with Crippen molar-refractivity contribution in [3.8, 4) is 5.75 Å². The summed E-state index contributed by atoms with van der Waals surface area (Å²) in [6.45, 7) is 1.99. The van der Waals surface area contributed by atoms with Gasteiger partial charge in [-0.2, -0.15) is 0 Å². The zero-order valence-electron chi connectivity index (χ0n) is 11.5. The number of benzene rings is 2. The fourth-order valence-electron chi connectivity index (χ4n) is 1.73. The maximum Gasteiger partial charge on any atom is 0.261 e. The Hall–Kier alpha value is -2.07. The molecule has 0 aromatic heterocycles. The minimum atomic E-state index is -0.709. The van der Waals surface area contributed by atoms with Crippen LogP contribution in [0, 0.1) is 5.82 Å². The highest BCUT2D eigenvalue weighted by atomic mass is 35.5. The molecule has 0 radical (unpaired) electrons. The van der Waals surface area contributed by atoms with Crippen molar-refractivity contribution in [1.29, 1.82) is 0 Å². The monoisotopic (exact) mass is 307 g/mol. The molecule has 0 saturated heterocycles. The van der Waals surface area contributed by atoms with E-state index in [1.165, 1.54) is 18.2 Å². The van der Waals surface area contributed by atoms with Crippen LogP contribution >= 0.6 is 11.6 Å². The number of nitrogens with one attached hydrogen (secondary N) is 1. The lowest BCUT2D eigenvalue weighted by atomic mass is 10.2. The summed E-state index contributed by atoms with van der Waals surface area (Å²) in [6, 6.07) is 12.9. The van der Waals surface area contributed by atoms with Crippen molar-refractivity contribution in [1.82, 2.24) is 5.32 Å². The van der Waals surface area contributed by atoms with Crippen LogP contribution in [0.15, 0.2) is 48.5 Å². The zero-order valence-corrected chi connectivity index (χ0v) is 12.2. The first-order valence-electron chi connectivity index (χ1n) is 6.49. The van der Waals surface area contributed by atoms with Gasteiger partial charge in [0, 0.05) is 17.6 Å². The lowest BCUT2D eigenvalue weighted by Gasteiger charge is -2.14. The summed E-state index contributed by atoms with van der Waals surface area (Å²) in [7, 11) is 0. The predicted octanol–water partition coefficient (Wildman–Crippen LogP) is 3.56. The maximum absolute atomic E-state index is 13.0. The van der Waals surface area contributed by atoms with Crippen LogP contribution in [0.5, 0.6) is 5.75 Å². The second kappa shape index (κ2) is 7.09. The van der Waals surface area contributed by atoms with Gasteiger partial charge in [0.05, 0.1) is 0 Å². The van der Waals surface area contributed by atoms with Crippen LogP contribution in [-0.2, 0) is 11.3 Å². The van der Waals surface area contributed by atoms with Crippen LogP contribution in [0.1, 0.15) is 12.5 Å². The molecule has 1 unspecified atom stereocenters. The zero-order chi connectivity index (χ0) is 15.2. The molecule has 2 aromatic rings. The Morgan fingerprint density at radius 3 is 2.67 bits per heavy atom. The predicted molar refractivity (Wildman–Crippen MR) is 79.8 cm³/mol. The van der Waals surface area contributed by atoms with E-state index in [-0.39, 0.29) is 5.91 Å². The fraction of sp³-hybridized carbons (Fsp3) is 0.188. The average Bonchev–Trinajstić information content (AvgIpc) is 2.46. The van der Waals surface area contributed by atoms with Crippen LogP contribution in [-0.4, -0.2) is 12.0 Å². The molecule has 2 rings (SSSR count). The van der Waals surface area contributed by atoms with Crippen LogP contribution in [0.2, 0.25) is 5.02 Å². The molecule has 2 aromatic carbocycles. The number of amides is 1. The Balaban J connectivity index is 1.86. The van der Waals surface area contributed by atoms with Crippen molar-refractivity contribution in [3.63, 3.8) is 0 Å². The first-order chi connectivity index (χ1) is 10.0. The molecule has 0 heterocycles. The first kappa shape index (κ1) is 15.3. The molecule has 0 aliphatic carbocycles. The topological polar surface area (TPSA) is 38.3 Å². The lowest BCUT2D eigenvalue weighted by Crippen LogP contribution is -2.35. The molecule has 21 heavy (non-hydrogen) atoms. The first-order valence-corrected chi connectivity index (χ1v) is 6.87. The van der Waals surface area contributed by atoms with Gasteiger partial charge in [-0.05, 0) is 36.8 Å². The van der Waals surface area contributed by atoms with Crippen molar-refractivity contribution in [3.05, 3.63) is 64.9 Å². The van der Waals surface area contributed by atoms with Gasteiger partial charge in [-0.3, -0.25) is 4.79 Å². The Bertz CT molecular complexity index is 616. The van der Waals surface area contributed by atoms with Gasteiger partial charge in [0.1, 0.15) is 11.6 Å². The van der Waals surface area contributed by atoms with Crippen LogP contribution in [0.4, 0.5) is 4.39 Å². The van der Waals surface area contributed by atoms with Gasteiger partial charge in [-0.15, -0.1) is 0 Å². The molecular formula is C16H15ClFNO2. The van der Waals surface area contributed by atoms with Gasteiger partial charge in [-0.1, -0.05) is 29.8 Å². The second-order valence-electron chi connectivity index (χ2n) is 4.56. The van der Waals surface area contributed by atoms with E-state index in [0.29, 0.717) is 17.3 Å². The number of carbonyl (C=O) groups is 1. The van der Waals surface area contributed by atoms with Gasteiger partial charge in [-0.25, -0.2) is 4.39 Å². The molecule has 0 aliphatic rings. The van der Waals surface area contributed by atoms with Gasteiger partial charge < -0.3 is 10.1 Å². The molecule has 0 aliphatic heterocycles. The summed E-state index contributed by atoms with van der Waals surface area (Å²) in [5, 5.41) is 3.40. The van der Waals surface area contributed by atoms with Crippen molar-refractivity contribution in [2.75, 3.05) is 0 Å². The third-order valence-electron chi connectivity index (χ3n) is 2.86. The highest BCUT2D eigenvalue weighted by Gasteiger charge is 2.14. The Morgan fingerprint density at radius 1 is 1.29 bits per heavy atom. The average molecular weight is 308 g/mol. The van der Waals surface area contributed by atoms with Crippen molar-refractivity contribution < 1.29 is 13.9 Å². The van der Waals surface area contributed by atoms with Gasteiger partial charge >= 0.3 is 0 Å². The summed E-state index contributed by atoms with van der Waals surface area (Å²) in [4.78, 5) is 11.9. The highest BCUT2D eigenvalue weighted by Crippen LogP contribution is 2.14. The largest absolute Gasteiger partial charge is 0.481 e. The molecule has 1 N–H and O–H groups in total. The number of carbonyl (C=O) groups excluding carboxylic acids is 1. The van der Waals surface area contributed by atoms with Crippen molar-refractivity contribution in [2.45, 2.75) is 19.6 Å². The standard InChI is InChI=1S/C16H15ClFNO2/c1-11(21-15-4-2-3-14(18)9-15)16(20)19-10-12-5-7-13(17)8-6-12/h2-9,11H,10H2,1H3,(H,19,20). The second-order valence-corrected chi connectivity index (χ2v) is 5.00. The minimum Gasteiger partial charge on any atom is -0.481 e. The van der Waals surface area contributed by atoms with Crippen molar-refractivity contribution in [2.24, 2.45) is 0 Å². The number of ether oxygens (including phenoxy) is 1. The smallest absolute Gasteiger partial charge is 0.261 e. The van der Waals surface area contributed by atoms with E-state index in [2.05, 4.69) is 5.32 Å². The van der Waals surface area contributed by atoms with E-state index in [9.17, 15) is 9.18 Å². The number of halogens is 2. The number of rotatable bonds is 5. The Labute approximate surface area is 127 Å². The molecule has 1 amide bonds. The molecule has 0 spiro atoms. The summed E-state index contributed by atoms with van der Waals surface area (Å²) < 4.78 is 18.4. The van der Waals surface area contributed by atoms with E-state index in [0.717, 1.165) is 5.56 Å². The molecule has 3 nitrogen and oxygen atoms in total. The van der Waals surface area contributed by atoms with Gasteiger partial charge in [0.15, 0.2) is 6.10 Å². The van der Waals surface area contributed by atoms with Gasteiger partial charge in [0.25, 0.3) is 5.91 Å². The molecule has 5 heteroatoms. The third kappa shape index (κ3) is 4.76. The highest BCUT2D eigenvalue weighted by molar-refractivity contribution is 6.30.